The number of hydrogen-bond acceptors (Lipinski definition) is 4. The fraction of sp³-hybridized carbons (Fsp3) is 0.636. The van der Waals surface area contributed by atoms with Crippen molar-refractivity contribution in [1.82, 2.24) is 14.9 Å². The van der Waals surface area contributed by atoms with Crippen LogP contribution in [0.25, 0.3) is 0 Å². The number of aromatic nitrogens is 2. The van der Waals surface area contributed by atoms with Crippen LogP contribution in [0.2, 0.25) is 0 Å². The van der Waals surface area contributed by atoms with Gasteiger partial charge in [-0.2, -0.15) is 0 Å². The lowest BCUT2D eigenvalue weighted by Gasteiger charge is -2.17. The van der Waals surface area contributed by atoms with E-state index < -0.39 is 6.04 Å². The second-order valence-electron chi connectivity index (χ2n) is 3.57. The fourth-order valence-corrected chi connectivity index (χ4v) is 1.47. The number of rotatable bonds is 6. The highest BCUT2D eigenvalue weighted by atomic mass is 16.5. The molecule has 16 heavy (non-hydrogen) atoms. The maximum absolute atomic E-state index is 11.8. The lowest BCUT2D eigenvalue weighted by atomic mass is 10.2. The average Bonchev–Trinajstić information content (AvgIpc) is 2.66. The smallest absolute Gasteiger partial charge is 0.329 e. The third-order valence-electron chi connectivity index (χ3n) is 2.27. The van der Waals surface area contributed by atoms with E-state index in [1.807, 2.05) is 11.6 Å². The SMILES string of the molecule is CCCNC(C(=O)OCC)c1cncn1C. The van der Waals surface area contributed by atoms with E-state index in [1.54, 1.807) is 19.4 Å². The second-order valence-corrected chi connectivity index (χ2v) is 3.57. The Bertz CT molecular complexity index is 336. The maximum atomic E-state index is 11.8. The molecule has 0 saturated heterocycles. The molecule has 0 bridgehead atoms. The van der Waals surface area contributed by atoms with Crippen molar-refractivity contribution in [3.63, 3.8) is 0 Å². The van der Waals surface area contributed by atoms with Gasteiger partial charge in [-0.25, -0.2) is 9.78 Å². The van der Waals surface area contributed by atoms with Crippen molar-refractivity contribution in [2.45, 2.75) is 26.3 Å². The summed E-state index contributed by atoms with van der Waals surface area (Å²) in [6.07, 6.45) is 4.33. The minimum atomic E-state index is -0.424. The zero-order valence-electron chi connectivity index (χ0n) is 10.1. The van der Waals surface area contributed by atoms with E-state index in [0.717, 1.165) is 18.7 Å². The minimum Gasteiger partial charge on any atom is -0.465 e. The largest absolute Gasteiger partial charge is 0.465 e. The third-order valence-corrected chi connectivity index (χ3v) is 2.27. The molecule has 0 amide bonds. The molecule has 0 saturated carbocycles. The van der Waals surface area contributed by atoms with Crippen LogP contribution in [-0.4, -0.2) is 28.7 Å². The summed E-state index contributed by atoms with van der Waals surface area (Å²) in [5.74, 6) is -0.250. The first-order valence-corrected chi connectivity index (χ1v) is 5.56. The Morgan fingerprint density at radius 3 is 2.88 bits per heavy atom. The minimum absolute atomic E-state index is 0.250. The number of nitrogens with zero attached hydrogens (tertiary/aromatic N) is 2. The first-order chi connectivity index (χ1) is 7.70. The molecule has 90 valence electrons. The summed E-state index contributed by atoms with van der Waals surface area (Å²) in [4.78, 5) is 15.8. The van der Waals surface area contributed by atoms with Crippen molar-refractivity contribution < 1.29 is 9.53 Å². The Kier molecular flexibility index (Phi) is 4.98. The highest BCUT2D eigenvalue weighted by Gasteiger charge is 2.23. The van der Waals surface area contributed by atoms with Crippen LogP contribution in [-0.2, 0) is 16.6 Å². The summed E-state index contributed by atoms with van der Waals surface area (Å²) in [6, 6.07) is -0.424. The van der Waals surface area contributed by atoms with Crippen molar-refractivity contribution in [2.75, 3.05) is 13.2 Å². The average molecular weight is 225 g/mol. The van der Waals surface area contributed by atoms with E-state index in [2.05, 4.69) is 17.2 Å². The second kappa shape index (κ2) is 6.27. The lowest BCUT2D eigenvalue weighted by Crippen LogP contribution is -2.32. The van der Waals surface area contributed by atoms with Crippen molar-refractivity contribution >= 4 is 5.97 Å². The van der Waals surface area contributed by atoms with Crippen LogP contribution in [0.1, 0.15) is 32.0 Å². The van der Waals surface area contributed by atoms with E-state index in [4.69, 9.17) is 4.74 Å². The normalized spacial score (nSPS) is 12.4. The molecule has 1 unspecified atom stereocenters. The van der Waals surface area contributed by atoms with Gasteiger partial charge in [-0.15, -0.1) is 0 Å². The molecule has 5 nitrogen and oxygen atoms in total. The van der Waals surface area contributed by atoms with Gasteiger partial charge < -0.3 is 9.30 Å². The van der Waals surface area contributed by atoms with Gasteiger partial charge >= 0.3 is 5.97 Å². The molecule has 0 fully saturated rings. The highest BCUT2D eigenvalue weighted by Crippen LogP contribution is 2.13. The topological polar surface area (TPSA) is 56.1 Å². The Hall–Kier alpha value is -1.36. The van der Waals surface area contributed by atoms with Gasteiger partial charge in [-0.05, 0) is 19.9 Å². The molecule has 1 aromatic heterocycles. The molecule has 5 heteroatoms. The van der Waals surface area contributed by atoms with Crippen molar-refractivity contribution in [2.24, 2.45) is 7.05 Å². The zero-order valence-corrected chi connectivity index (χ0v) is 10.1. The van der Waals surface area contributed by atoms with E-state index in [9.17, 15) is 4.79 Å². The standard InChI is InChI=1S/C11H19N3O2/c1-4-6-13-10(11(15)16-5-2)9-7-12-8-14(9)3/h7-8,10,13H,4-6H2,1-3H3. The zero-order chi connectivity index (χ0) is 12.0. The lowest BCUT2D eigenvalue weighted by molar-refractivity contribution is -0.146. The fourth-order valence-electron chi connectivity index (χ4n) is 1.47. The quantitative estimate of drug-likeness (QED) is 0.734. The number of hydrogen-bond donors (Lipinski definition) is 1. The molecule has 1 heterocycles. The summed E-state index contributed by atoms with van der Waals surface area (Å²) >= 11 is 0. The number of aryl methyl sites for hydroxylation is 1. The van der Waals surface area contributed by atoms with Gasteiger partial charge in [0.15, 0.2) is 0 Å². The van der Waals surface area contributed by atoms with Gasteiger partial charge in [0, 0.05) is 7.05 Å². The van der Waals surface area contributed by atoms with Crippen molar-refractivity contribution in [3.05, 3.63) is 18.2 Å². The molecule has 0 aliphatic heterocycles. The van der Waals surface area contributed by atoms with Crippen molar-refractivity contribution in [3.8, 4) is 0 Å². The summed E-state index contributed by atoms with van der Waals surface area (Å²) in [7, 11) is 1.86. The molecular weight excluding hydrogens is 206 g/mol. The van der Waals surface area contributed by atoms with Crippen LogP contribution >= 0.6 is 0 Å². The van der Waals surface area contributed by atoms with Crippen LogP contribution in [0.4, 0.5) is 0 Å². The predicted molar refractivity (Wildman–Crippen MR) is 60.9 cm³/mol. The molecule has 1 rings (SSSR count). The van der Waals surface area contributed by atoms with Gasteiger partial charge in [-0.1, -0.05) is 6.92 Å². The maximum Gasteiger partial charge on any atom is 0.329 e. The monoisotopic (exact) mass is 225 g/mol. The Balaban J connectivity index is 2.78. The van der Waals surface area contributed by atoms with Gasteiger partial charge in [0.2, 0.25) is 0 Å². The van der Waals surface area contributed by atoms with Gasteiger partial charge in [0.25, 0.3) is 0 Å². The van der Waals surface area contributed by atoms with Gasteiger partial charge in [-0.3, -0.25) is 5.32 Å². The molecule has 1 atom stereocenters. The Morgan fingerprint density at radius 2 is 2.38 bits per heavy atom. The molecule has 1 aromatic rings. The van der Waals surface area contributed by atoms with E-state index in [0.29, 0.717) is 6.61 Å². The van der Waals surface area contributed by atoms with Crippen molar-refractivity contribution in [1.29, 1.82) is 0 Å². The summed E-state index contributed by atoms with van der Waals surface area (Å²) in [5.41, 5.74) is 0.826. The number of esters is 1. The van der Waals surface area contributed by atoms with Crippen LogP contribution in [0.5, 0.6) is 0 Å². The molecule has 0 aromatic carbocycles. The van der Waals surface area contributed by atoms with Crippen LogP contribution in [0.15, 0.2) is 12.5 Å². The number of nitrogens with one attached hydrogen (secondary N) is 1. The van der Waals surface area contributed by atoms with Crippen LogP contribution in [0.3, 0.4) is 0 Å². The molecule has 0 aliphatic carbocycles. The Labute approximate surface area is 95.8 Å². The van der Waals surface area contributed by atoms with Crippen LogP contribution in [0, 0.1) is 0 Å². The van der Waals surface area contributed by atoms with Gasteiger partial charge in [0.1, 0.15) is 6.04 Å². The number of imidazole rings is 1. The summed E-state index contributed by atoms with van der Waals surface area (Å²) in [5, 5.41) is 3.16. The summed E-state index contributed by atoms with van der Waals surface area (Å²) < 4.78 is 6.86. The molecule has 0 spiro atoms. The number of carbonyl (C=O) groups excluding carboxylic acids is 1. The van der Waals surface area contributed by atoms with E-state index in [-0.39, 0.29) is 5.97 Å². The molecular formula is C11H19N3O2. The predicted octanol–water partition coefficient (Wildman–Crippen LogP) is 1.02. The summed E-state index contributed by atoms with van der Waals surface area (Å²) in [6.45, 7) is 5.02. The Morgan fingerprint density at radius 1 is 1.62 bits per heavy atom. The molecule has 0 aliphatic rings. The molecule has 0 radical (unpaired) electrons. The van der Waals surface area contributed by atoms with E-state index in [1.165, 1.54) is 0 Å². The third kappa shape index (κ3) is 3.06. The number of carbonyl (C=O) groups is 1. The van der Waals surface area contributed by atoms with Crippen LogP contribution < -0.4 is 5.32 Å². The van der Waals surface area contributed by atoms with E-state index >= 15 is 0 Å². The number of ether oxygens (including phenoxy) is 1. The van der Waals surface area contributed by atoms with Gasteiger partial charge in [0.05, 0.1) is 24.8 Å². The first-order valence-electron chi connectivity index (χ1n) is 5.56. The molecule has 1 N–H and O–H groups in total. The highest BCUT2D eigenvalue weighted by molar-refractivity contribution is 5.77. The first kappa shape index (κ1) is 12.7.